The molecule has 0 aliphatic heterocycles. The molecule has 0 saturated heterocycles. The van der Waals surface area contributed by atoms with Crippen LogP contribution in [0.15, 0.2) is 42.5 Å². The summed E-state index contributed by atoms with van der Waals surface area (Å²) in [7, 11) is 0. The molecule has 0 aliphatic carbocycles. The van der Waals surface area contributed by atoms with E-state index in [0.717, 1.165) is 11.3 Å². The van der Waals surface area contributed by atoms with Gasteiger partial charge in [0.2, 0.25) is 0 Å². The summed E-state index contributed by atoms with van der Waals surface area (Å²) < 4.78 is 11.4. The molecule has 2 aromatic rings. The molecule has 2 aromatic carbocycles. The molecule has 0 saturated carbocycles. The van der Waals surface area contributed by atoms with Crippen LogP contribution in [-0.4, -0.2) is 25.2 Å². The highest BCUT2D eigenvalue weighted by Gasteiger charge is 2.18. The molecule has 2 rings (SSSR count). The SMILES string of the molecule is CC[C@@H](Oc1cccc(Cl)c1)C(=O)NCCOc1ccc(C)cc1C. The third-order valence-corrected chi connectivity index (χ3v) is 3.96. The van der Waals surface area contributed by atoms with E-state index in [-0.39, 0.29) is 5.91 Å². The number of halogens is 1. The van der Waals surface area contributed by atoms with E-state index in [9.17, 15) is 4.79 Å². The van der Waals surface area contributed by atoms with E-state index in [0.29, 0.717) is 30.3 Å². The largest absolute Gasteiger partial charge is 0.491 e. The Kier molecular flexibility index (Phi) is 7.14. The van der Waals surface area contributed by atoms with Gasteiger partial charge in [0.1, 0.15) is 18.1 Å². The van der Waals surface area contributed by atoms with Crippen molar-refractivity contribution in [1.29, 1.82) is 0 Å². The molecular formula is C20H24ClNO3. The molecule has 1 amide bonds. The van der Waals surface area contributed by atoms with E-state index in [1.807, 2.05) is 32.9 Å². The molecule has 0 unspecified atom stereocenters. The van der Waals surface area contributed by atoms with Crippen LogP contribution >= 0.6 is 11.6 Å². The minimum Gasteiger partial charge on any atom is -0.491 e. The standard InChI is InChI=1S/C20H24ClNO3/c1-4-18(25-17-7-5-6-16(21)13-17)20(23)22-10-11-24-19-9-8-14(2)12-15(19)3/h5-9,12-13,18H,4,10-11H2,1-3H3,(H,22,23)/t18-/m1/s1. The van der Waals surface area contributed by atoms with Crippen molar-refractivity contribution in [2.45, 2.75) is 33.3 Å². The Hall–Kier alpha value is -2.20. The van der Waals surface area contributed by atoms with E-state index in [4.69, 9.17) is 21.1 Å². The molecule has 5 heteroatoms. The summed E-state index contributed by atoms with van der Waals surface area (Å²) in [6.07, 6.45) is 0.00980. The van der Waals surface area contributed by atoms with E-state index in [2.05, 4.69) is 11.4 Å². The number of hydrogen-bond acceptors (Lipinski definition) is 3. The van der Waals surface area contributed by atoms with Crippen molar-refractivity contribution in [3.63, 3.8) is 0 Å². The van der Waals surface area contributed by atoms with Crippen LogP contribution in [0.25, 0.3) is 0 Å². The lowest BCUT2D eigenvalue weighted by Crippen LogP contribution is -2.39. The first-order valence-corrected chi connectivity index (χ1v) is 8.77. The van der Waals surface area contributed by atoms with Gasteiger partial charge in [-0.15, -0.1) is 0 Å². The third kappa shape index (κ3) is 5.98. The van der Waals surface area contributed by atoms with Gasteiger partial charge in [0.05, 0.1) is 6.54 Å². The van der Waals surface area contributed by atoms with Crippen LogP contribution in [0.5, 0.6) is 11.5 Å². The van der Waals surface area contributed by atoms with Crippen molar-refractivity contribution in [3.8, 4) is 11.5 Å². The molecule has 0 fully saturated rings. The van der Waals surface area contributed by atoms with Crippen molar-refractivity contribution in [2.24, 2.45) is 0 Å². The van der Waals surface area contributed by atoms with Crippen molar-refractivity contribution in [1.82, 2.24) is 5.32 Å². The molecule has 1 N–H and O–H groups in total. The fraction of sp³-hybridized carbons (Fsp3) is 0.350. The van der Waals surface area contributed by atoms with Gasteiger partial charge >= 0.3 is 0 Å². The second kappa shape index (κ2) is 9.33. The van der Waals surface area contributed by atoms with Crippen molar-refractivity contribution >= 4 is 17.5 Å². The number of hydrogen-bond donors (Lipinski definition) is 1. The smallest absolute Gasteiger partial charge is 0.261 e. The second-order valence-corrected chi connectivity index (χ2v) is 6.32. The molecule has 4 nitrogen and oxygen atoms in total. The average Bonchev–Trinajstić information content (AvgIpc) is 2.58. The lowest BCUT2D eigenvalue weighted by atomic mass is 10.1. The van der Waals surface area contributed by atoms with Gasteiger partial charge in [0, 0.05) is 5.02 Å². The first-order valence-electron chi connectivity index (χ1n) is 8.39. The number of nitrogens with one attached hydrogen (secondary N) is 1. The molecular weight excluding hydrogens is 338 g/mol. The predicted octanol–water partition coefficient (Wildman–Crippen LogP) is 4.31. The summed E-state index contributed by atoms with van der Waals surface area (Å²) in [4.78, 5) is 12.3. The first kappa shape index (κ1) is 19.1. The summed E-state index contributed by atoms with van der Waals surface area (Å²) in [5.74, 6) is 1.26. The Bertz CT molecular complexity index is 718. The highest BCUT2D eigenvalue weighted by Crippen LogP contribution is 2.20. The number of benzene rings is 2. The molecule has 0 spiro atoms. The van der Waals surface area contributed by atoms with Gasteiger partial charge in [-0.05, 0) is 50.1 Å². The number of ether oxygens (including phenoxy) is 2. The zero-order chi connectivity index (χ0) is 18.2. The maximum absolute atomic E-state index is 12.3. The maximum Gasteiger partial charge on any atom is 0.261 e. The molecule has 0 aliphatic rings. The topological polar surface area (TPSA) is 47.6 Å². The van der Waals surface area contributed by atoms with Crippen LogP contribution in [0.2, 0.25) is 5.02 Å². The number of rotatable bonds is 8. The minimum absolute atomic E-state index is 0.160. The molecule has 25 heavy (non-hydrogen) atoms. The van der Waals surface area contributed by atoms with E-state index < -0.39 is 6.10 Å². The quantitative estimate of drug-likeness (QED) is 0.713. The maximum atomic E-state index is 12.3. The van der Waals surface area contributed by atoms with E-state index >= 15 is 0 Å². The van der Waals surface area contributed by atoms with Gasteiger partial charge in [-0.3, -0.25) is 4.79 Å². The van der Waals surface area contributed by atoms with Crippen molar-refractivity contribution in [3.05, 3.63) is 58.6 Å². The number of carbonyl (C=O) groups excluding carboxylic acids is 1. The number of amides is 1. The lowest BCUT2D eigenvalue weighted by molar-refractivity contribution is -0.128. The zero-order valence-corrected chi connectivity index (χ0v) is 15.6. The second-order valence-electron chi connectivity index (χ2n) is 5.88. The Morgan fingerprint density at radius 3 is 2.68 bits per heavy atom. The summed E-state index contributed by atoms with van der Waals surface area (Å²) in [6.45, 7) is 6.78. The van der Waals surface area contributed by atoms with Crippen LogP contribution in [0, 0.1) is 13.8 Å². The monoisotopic (exact) mass is 361 g/mol. The number of carbonyl (C=O) groups is 1. The fourth-order valence-corrected chi connectivity index (χ4v) is 2.62. The van der Waals surface area contributed by atoms with Crippen molar-refractivity contribution < 1.29 is 14.3 Å². The van der Waals surface area contributed by atoms with E-state index in [1.165, 1.54) is 5.56 Å². The van der Waals surface area contributed by atoms with Crippen LogP contribution in [0.4, 0.5) is 0 Å². The van der Waals surface area contributed by atoms with Gasteiger partial charge in [0.15, 0.2) is 6.10 Å². The summed E-state index contributed by atoms with van der Waals surface area (Å²) in [5, 5.41) is 3.43. The van der Waals surface area contributed by atoms with Gasteiger partial charge in [-0.1, -0.05) is 42.3 Å². The minimum atomic E-state index is -0.556. The third-order valence-electron chi connectivity index (χ3n) is 3.73. The molecule has 0 aromatic heterocycles. The zero-order valence-electron chi connectivity index (χ0n) is 14.8. The van der Waals surface area contributed by atoms with Gasteiger partial charge in [0.25, 0.3) is 5.91 Å². The summed E-state index contributed by atoms with van der Waals surface area (Å²) in [5.41, 5.74) is 2.28. The van der Waals surface area contributed by atoms with Crippen LogP contribution in [0.3, 0.4) is 0 Å². The van der Waals surface area contributed by atoms with Crippen LogP contribution in [-0.2, 0) is 4.79 Å². The molecule has 0 heterocycles. The number of aryl methyl sites for hydroxylation is 2. The van der Waals surface area contributed by atoms with Crippen LogP contribution < -0.4 is 14.8 Å². The van der Waals surface area contributed by atoms with E-state index in [1.54, 1.807) is 24.3 Å². The molecule has 134 valence electrons. The van der Waals surface area contributed by atoms with Crippen molar-refractivity contribution in [2.75, 3.05) is 13.2 Å². The fourth-order valence-electron chi connectivity index (χ4n) is 2.44. The van der Waals surface area contributed by atoms with Gasteiger partial charge in [-0.25, -0.2) is 0 Å². The van der Waals surface area contributed by atoms with Gasteiger partial charge in [-0.2, -0.15) is 0 Å². The molecule has 0 bridgehead atoms. The summed E-state index contributed by atoms with van der Waals surface area (Å²) in [6, 6.07) is 13.1. The average molecular weight is 362 g/mol. The molecule has 1 atom stereocenters. The Balaban J connectivity index is 1.79. The highest BCUT2D eigenvalue weighted by atomic mass is 35.5. The predicted molar refractivity (Wildman–Crippen MR) is 101 cm³/mol. The first-order chi connectivity index (χ1) is 12.0. The Morgan fingerprint density at radius 2 is 2.00 bits per heavy atom. The molecule has 0 radical (unpaired) electrons. The lowest BCUT2D eigenvalue weighted by Gasteiger charge is -2.17. The van der Waals surface area contributed by atoms with Gasteiger partial charge < -0.3 is 14.8 Å². The van der Waals surface area contributed by atoms with Crippen LogP contribution in [0.1, 0.15) is 24.5 Å². The summed E-state index contributed by atoms with van der Waals surface area (Å²) >= 11 is 5.94. The highest BCUT2D eigenvalue weighted by molar-refractivity contribution is 6.30. The normalized spacial score (nSPS) is 11.7. The Morgan fingerprint density at radius 1 is 1.20 bits per heavy atom. The Labute approximate surface area is 154 Å².